The van der Waals surface area contributed by atoms with Crippen molar-refractivity contribution in [3.05, 3.63) is 50.7 Å². The predicted octanol–water partition coefficient (Wildman–Crippen LogP) is 4.02. The van der Waals surface area contributed by atoms with Crippen molar-refractivity contribution in [2.24, 2.45) is 0 Å². The summed E-state index contributed by atoms with van der Waals surface area (Å²) in [6, 6.07) is 6.94. The van der Waals surface area contributed by atoms with Gasteiger partial charge in [-0.1, -0.05) is 17.7 Å². The van der Waals surface area contributed by atoms with Crippen molar-refractivity contribution in [3.63, 3.8) is 0 Å². The molecular formula is C13H12ClNO2S. The summed E-state index contributed by atoms with van der Waals surface area (Å²) < 4.78 is 0. The Hall–Kier alpha value is -1.52. The second-order valence-electron chi connectivity index (χ2n) is 3.92. The molecule has 0 aliphatic carbocycles. The van der Waals surface area contributed by atoms with E-state index >= 15 is 0 Å². The van der Waals surface area contributed by atoms with Gasteiger partial charge in [-0.25, -0.2) is 4.79 Å². The van der Waals surface area contributed by atoms with E-state index in [1.807, 2.05) is 18.4 Å². The normalized spacial score (nSPS) is 10.3. The summed E-state index contributed by atoms with van der Waals surface area (Å²) in [6.07, 6.45) is 0. The van der Waals surface area contributed by atoms with Crippen molar-refractivity contribution in [1.29, 1.82) is 0 Å². The number of hydrogen-bond acceptors (Lipinski definition) is 3. The third-order valence-corrected chi connectivity index (χ3v) is 3.84. The minimum atomic E-state index is -0.919. The van der Waals surface area contributed by atoms with E-state index in [2.05, 4.69) is 5.32 Å². The van der Waals surface area contributed by atoms with Crippen LogP contribution in [0.3, 0.4) is 0 Å². The molecule has 5 heteroatoms. The number of benzene rings is 1. The number of thiophene rings is 1. The lowest BCUT2D eigenvalue weighted by Gasteiger charge is -2.09. The quantitative estimate of drug-likeness (QED) is 0.890. The van der Waals surface area contributed by atoms with Crippen molar-refractivity contribution >= 4 is 34.6 Å². The van der Waals surface area contributed by atoms with E-state index in [-0.39, 0.29) is 5.56 Å². The van der Waals surface area contributed by atoms with Crippen molar-refractivity contribution in [2.75, 3.05) is 5.32 Å². The van der Waals surface area contributed by atoms with Crippen molar-refractivity contribution in [3.8, 4) is 0 Å². The fourth-order valence-electron chi connectivity index (χ4n) is 1.57. The number of anilines is 1. The molecule has 0 bridgehead atoms. The number of carboxylic acids is 1. The van der Waals surface area contributed by atoms with Gasteiger partial charge < -0.3 is 10.4 Å². The standard InChI is InChI=1S/C13H12ClNO2S/c1-8-2-3-9(13(16)17)4-12(8)15-6-11-5-10(14)7-18-11/h2-5,7,15H,6H2,1H3,(H,16,17). The number of nitrogens with one attached hydrogen (secondary N) is 1. The Bertz CT molecular complexity index is 580. The highest BCUT2D eigenvalue weighted by molar-refractivity contribution is 7.10. The van der Waals surface area contributed by atoms with Crippen LogP contribution in [0.25, 0.3) is 0 Å². The fraction of sp³-hybridized carbons (Fsp3) is 0.154. The van der Waals surface area contributed by atoms with E-state index in [4.69, 9.17) is 16.7 Å². The molecule has 0 spiro atoms. The number of hydrogen-bond donors (Lipinski definition) is 2. The van der Waals surface area contributed by atoms with Crippen LogP contribution in [0.2, 0.25) is 5.02 Å². The number of rotatable bonds is 4. The monoisotopic (exact) mass is 281 g/mol. The molecule has 0 atom stereocenters. The second kappa shape index (κ2) is 5.42. The summed E-state index contributed by atoms with van der Waals surface area (Å²) in [7, 11) is 0. The second-order valence-corrected chi connectivity index (χ2v) is 5.35. The first kappa shape index (κ1) is 12.9. The van der Waals surface area contributed by atoms with E-state index in [1.165, 1.54) is 0 Å². The number of carbonyl (C=O) groups is 1. The molecule has 1 aromatic heterocycles. The molecule has 2 rings (SSSR count). The minimum absolute atomic E-state index is 0.285. The van der Waals surface area contributed by atoms with E-state index in [0.29, 0.717) is 6.54 Å². The van der Waals surface area contributed by atoms with Gasteiger partial charge in [0.2, 0.25) is 0 Å². The third kappa shape index (κ3) is 3.03. The van der Waals surface area contributed by atoms with E-state index in [1.54, 1.807) is 29.5 Å². The summed E-state index contributed by atoms with van der Waals surface area (Å²) >= 11 is 7.42. The largest absolute Gasteiger partial charge is 0.478 e. The lowest BCUT2D eigenvalue weighted by molar-refractivity contribution is 0.0697. The lowest BCUT2D eigenvalue weighted by atomic mass is 10.1. The summed E-state index contributed by atoms with van der Waals surface area (Å²) in [6.45, 7) is 2.58. The van der Waals surface area contributed by atoms with E-state index < -0.39 is 5.97 Å². The molecular weight excluding hydrogens is 270 g/mol. The van der Waals surface area contributed by atoms with Crippen LogP contribution >= 0.6 is 22.9 Å². The predicted molar refractivity (Wildman–Crippen MR) is 74.8 cm³/mol. The molecule has 2 aromatic rings. The first-order valence-electron chi connectivity index (χ1n) is 5.37. The summed E-state index contributed by atoms with van der Waals surface area (Å²) in [5, 5.41) is 14.8. The highest BCUT2D eigenvalue weighted by atomic mass is 35.5. The van der Waals surface area contributed by atoms with Crippen LogP contribution in [-0.4, -0.2) is 11.1 Å². The number of halogens is 1. The van der Waals surface area contributed by atoms with Crippen LogP contribution in [0.5, 0.6) is 0 Å². The fourth-order valence-corrected chi connectivity index (χ4v) is 2.59. The third-order valence-electron chi connectivity index (χ3n) is 2.56. The zero-order valence-electron chi connectivity index (χ0n) is 9.74. The van der Waals surface area contributed by atoms with Crippen LogP contribution in [0.1, 0.15) is 20.8 Å². The van der Waals surface area contributed by atoms with Gasteiger partial charge in [0.15, 0.2) is 0 Å². The van der Waals surface area contributed by atoms with Gasteiger partial charge in [-0.05, 0) is 30.7 Å². The molecule has 2 N–H and O–H groups in total. The Balaban J connectivity index is 2.13. The van der Waals surface area contributed by atoms with Gasteiger partial charge in [0.05, 0.1) is 10.6 Å². The number of aryl methyl sites for hydroxylation is 1. The molecule has 0 radical (unpaired) electrons. The Morgan fingerprint density at radius 2 is 2.22 bits per heavy atom. The van der Waals surface area contributed by atoms with Gasteiger partial charge in [-0.2, -0.15) is 0 Å². The van der Waals surface area contributed by atoms with Gasteiger partial charge in [-0.3, -0.25) is 0 Å². The number of carboxylic acid groups (broad SMARTS) is 1. The van der Waals surface area contributed by atoms with Crippen LogP contribution in [-0.2, 0) is 6.54 Å². The van der Waals surface area contributed by atoms with Gasteiger partial charge in [0.1, 0.15) is 0 Å². The Kier molecular flexibility index (Phi) is 3.89. The zero-order valence-corrected chi connectivity index (χ0v) is 11.3. The molecule has 0 aliphatic heterocycles. The molecule has 18 heavy (non-hydrogen) atoms. The van der Waals surface area contributed by atoms with Crippen LogP contribution in [0.15, 0.2) is 29.6 Å². The summed E-state index contributed by atoms with van der Waals surface area (Å²) in [5.74, 6) is -0.919. The Morgan fingerprint density at radius 3 is 2.83 bits per heavy atom. The smallest absolute Gasteiger partial charge is 0.335 e. The molecule has 1 aromatic carbocycles. The molecule has 94 valence electrons. The van der Waals surface area contributed by atoms with Gasteiger partial charge in [0.25, 0.3) is 0 Å². The molecule has 0 amide bonds. The molecule has 0 unspecified atom stereocenters. The highest BCUT2D eigenvalue weighted by Gasteiger charge is 2.06. The van der Waals surface area contributed by atoms with Crippen LogP contribution in [0, 0.1) is 6.92 Å². The van der Waals surface area contributed by atoms with Crippen molar-refractivity contribution in [2.45, 2.75) is 13.5 Å². The van der Waals surface area contributed by atoms with Gasteiger partial charge >= 0.3 is 5.97 Å². The maximum Gasteiger partial charge on any atom is 0.335 e. The molecule has 0 saturated carbocycles. The Labute approximate surface area is 114 Å². The highest BCUT2D eigenvalue weighted by Crippen LogP contribution is 2.22. The molecule has 0 saturated heterocycles. The maximum atomic E-state index is 10.9. The average Bonchev–Trinajstić information content (AvgIpc) is 2.74. The van der Waals surface area contributed by atoms with Crippen LogP contribution < -0.4 is 5.32 Å². The molecule has 0 fully saturated rings. The molecule has 3 nitrogen and oxygen atoms in total. The van der Waals surface area contributed by atoms with Gasteiger partial charge in [0, 0.05) is 22.5 Å². The molecule has 0 aliphatic rings. The zero-order chi connectivity index (χ0) is 13.1. The topological polar surface area (TPSA) is 49.3 Å². The van der Waals surface area contributed by atoms with E-state index in [0.717, 1.165) is 21.2 Å². The van der Waals surface area contributed by atoms with Crippen LogP contribution in [0.4, 0.5) is 5.69 Å². The van der Waals surface area contributed by atoms with Gasteiger partial charge in [-0.15, -0.1) is 11.3 Å². The minimum Gasteiger partial charge on any atom is -0.478 e. The number of aromatic carboxylic acids is 1. The SMILES string of the molecule is Cc1ccc(C(=O)O)cc1NCc1cc(Cl)cs1. The first-order valence-corrected chi connectivity index (χ1v) is 6.63. The maximum absolute atomic E-state index is 10.9. The first-order chi connectivity index (χ1) is 8.56. The summed E-state index contributed by atoms with van der Waals surface area (Å²) in [4.78, 5) is 12.0. The van der Waals surface area contributed by atoms with Crippen molar-refractivity contribution in [1.82, 2.24) is 0 Å². The van der Waals surface area contributed by atoms with Crippen molar-refractivity contribution < 1.29 is 9.90 Å². The summed E-state index contributed by atoms with van der Waals surface area (Å²) in [5.41, 5.74) is 2.13. The van der Waals surface area contributed by atoms with E-state index in [9.17, 15) is 4.79 Å². The average molecular weight is 282 g/mol. The molecule has 1 heterocycles. The Morgan fingerprint density at radius 1 is 1.44 bits per heavy atom. The lowest BCUT2D eigenvalue weighted by Crippen LogP contribution is -2.02.